The first-order valence-corrected chi connectivity index (χ1v) is 7.00. The Hall–Kier alpha value is -3.21. The Bertz CT molecular complexity index is 889. The molecule has 0 unspecified atom stereocenters. The van der Waals surface area contributed by atoms with Gasteiger partial charge in [0, 0.05) is 0 Å². The molecule has 0 bridgehead atoms. The number of fused-ring (bicyclic) bond motifs is 1. The average Bonchev–Trinajstić information content (AvgIpc) is 2.56. The van der Waals surface area contributed by atoms with Crippen LogP contribution < -0.4 is 10.1 Å². The van der Waals surface area contributed by atoms with Crippen LogP contribution in [0, 0.1) is 0 Å². The van der Waals surface area contributed by atoms with E-state index in [9.17, 15) is 15.0 Å². The van der Waals surface area contributed by atoms with Gasteiger partial charge in [0.1, 0.15) is 5.75 Å². The van der Waals surface area contributed by atoms with E-state index in [4.69, 9.17) is 4.74 Å². The third kappa shape index (κ3) is 2.64. The van der Waals surface area contributed by atoms with E-state index in [2.05, 4.69) is 5.32 Å². The maximum absolute atomic E-state index is 12.6. The van der Waals surface area contributed by atoms with Gasteiger partial charge in [-0.05, 0) is 29.0 Å². The third-order valence-electron chi connectivity index (χ3n) is 3.58. The molecular formula is C18H15NO4. The van der Waals surface area contributed by atoms with Gasteiger partial charge in [-0.2, -0.15) is 0 Å². The Labute approximate surface area is 132 Å². The van der Waals surface area contributed by atoms with E-state index < -0.39 is 11.7 Å². The number of benzene rings is 3. The van der Waals surface area contributed by atoms with Crippen molar-refractivity contribution in [2.24, 2.45) is 0 Å². The minimum absolute atomic E-state index is 0.0199. The minimum atomic E-state index is -0.529. The van der Waals surface area contributed by atoms with Crippen molar-refractivity contribution in [3.8, 4) is 17.2 Å². The van der Waals surface area contributed by atoms with Crippen molar-refractivity contribution in [3.63, 3.8) is 0 Å². The van der Waals surface area contributed by atoms with E-state index in [1.165, 1.54) is 13.2 Å². The molecule has 3 aromatic carbocycles. The molecule has 0 radical (unpaired) electrons. The number of nitrogens with one attached hydrogen (secondary N) is 1. The Morgan fingerprint density at radius 2 is 1.74 bits per heavy atom. The molecule has 1 amide bonds. The highest BCUT2D eigenvalue weighted by Crippen LogP contribution is 2.36. The number of para-hydroxylation sites is 2. The Morgan fingerprint density at radius 3 is 2.52 bits per heavy atom. The Kier molecular flexibility index (Phi) is 3.76. The molecule has 0 aromatic heterocycles. The zero-order valence-corrected chi connectivity index (χ0v) is 12.4. The zero-order valence-electron chi connectivity index (χ0n) is 12.4. The van der Waals surface area contributed by atoms with Crippen LogP contribution in [-0.4, -0.2) is 23.2 Å². The molecule has 116 valence electrons. The molecule has 0 aliphatic rings. The minimum Gasteiger partial charge on any atom is -0.504 e. The molecule has 0 aliphatic heterocycles. The van der Waals surface area contributed by atoms with Gasteiger partial charge in [0.25, 0.3) is 5.91 Å². The van der Waals surface area contributed by atoms with Crippen LogP contribution in [0.3, 0.4) is 0 Å². The lowest BCUT2D eigenvalue weighted by Gasteiger charge is -2.13. The number of carbonyl (C=O) groups excluding carboxylic acids is 1. The number of rotatable bonds is 3. The van der Waals surface area contributed by atoms with Crippen LogP contribution >= 0.6 is 0 Å². The van der Waals surface area contributed by atoms with Gasteiger partial charge in [-0.25, -0.2) is 0 Å². The maximum Gasteiger partial charge on any atom is 0.260 e. The number of phenols is 2. The second-order valence-electron chi connectivity index (χ2n) is 4.99. The lowest BCUT2D eigenvalue weighted by molar-refractivity contribution is 0.102. The van der Waals surface area contributed by atoms with Crippen LogP contribution in [0.15, 0.2) is 54.6 Å². The van der Waals surface area contributed by atoms with Crippen LogP contribution in [-0.2, 0) is 0 Å². The number of anilines is 1. The summed E-state index contributed by atoms with van der Waals surface area (Å²) in [6.07, 6.45) is 0. The summed E-state index contributed by atoms with van der Waals surface area (Å²) in [6.45, 7) is 0. The molecule has 0 saturated heterocycles. The van der Waals surface area contributed by atoms with Crippen molar-refractivity contribution in [1.82, 2.24) is 0 Å². The molecule has 3 N–H and O–H groups in total. The van der Waals surface area contributed by atoms with Crippen molar-refractivity contribution in [2.45, 2.75) is 0 Å². The summed E-state index contributed by atoms with van der Waals surface area (Å²) in [7, 11) is 1.51. The summed E-state index contributed by atoms with van der Waals surface area (Å²) in [5.74, 6) is -0.811. The largest absolute Gasteiger partial charge is 0.504 e. The summed E-state index contributed by atoms with van der Waals surface area (Å²) in [5.41, 5.74) is 0.498. The van der Waals surface area contributed by atoms with E-state index in [0.29, 0.717) is 22.2 Å². The topological polar surface area (TPSA) is 78.8 Å². The molecule has 0 aliphatic carbocycles. The molecule has 0 heterocycles. The number of hydrogen-bond donors (Lipinski definition) is 3. The summed E-state index contributed by atoms with van der Waals surface area (Å²) in [6, 6.07) is 15.4. The van der Waals surface area contributed by atoms with Gasteiger partial charge in [0.2, 0.25) is 0 Å². The normalized spacial score (nSPS) is 10.5. The predicted molar refractivity (Wildman–Crippen MR) is 88.2 cm³/mol. The third-order valence-corrected chi connectivity index (χ3v) is 3.58. The molecule has 5 nitrogen and oxygen atoms in total. The van der Waals surface area contributed by atoms with Gasteiger partial charge < -0.3 is 20.3 Å². The fraction of sp³-hybridized carbons (Fsp3) is 0.0556. The number of phenolic OH excluding ortho intramolecular Hbond substituents is 2. The average molecular weight is 309 g/mol. The summed E-state index contributed by atoms with van der Waals surface area (Å²) < 4.78 is 5.20. The lowest BCUT2D eigenvalue weighted by Crippen LogP contribution is -2.13. The van der Waals surface area contributed by atoms with Crippen LogP contribution in [0.2, 0.25) is 0 Å². The van der Waals surface area contributed by atoms with E-state index >= 15 is 0 Å². The zero-order chi connectivity index (χ0) is 16.4. The summed E-state index contributed by atoms with van der Waals surface area (Å²) in [4.78, 5) is 12.6. The number of amides is 1. The van der Waals surface area contributed by atoms with Crippen molar-refractivity contribution >= 4 is 22.4 Å². The molecule has 0 saturated carbocycles. The number of ether oxygens (including phenoxy) is 1. The van der Waals surface area contributed by atoms with Crippen LogP contribution in [0.1, 0.15) is 10.4 Å². The van der Waals surface area contributed by atoms with Crippen LogP contribution in [0.25, 0.3) is 10.8 Å². The molecule has 0 fully saturated rings. The van der Waals surface area contributed by atoms with Crippen molar-refractivity contribution in [3.05, 3.63) is 60.2 Å². The summed E-state index contributed by atoms with van der Waals surface area (Å²) in [5, 5.41) is 23.9. The second kappa shape index (κ2) is 5.88. The van der Waals surface area contributed by atoms with E-state index in [1.807, 2.05) is 0 Å². The molecule has 23 heavy (non-hydrogen) atoms. The van der Waals surface area contributed by atoms with Crippen LogP contribution in [0.4, 0.5) is 5.69 Å². The first kappa shape index (κ1) is 14.7. The Balaban J connectivity index is 2.09. The first-order chi connectivity index (χ1) is 11.1. The quantitative estimate of drug-likeness (QED) is 0.647. The number of methoxy groups -OCH3 is 1. The predicted octanol–water partition coefficient (Wildman–Crippen LogP) is 3.51. The molecule has 0 atom stereocenters. The van der Waals surface area contributed by atoms with Crippen LogP contribution in [0.5, 0.6) is 17.2 Å². The SMILES string of the molecule is COc1ccccc1NC(=O)c1c(O)c(O)cc2ccccc12. The van der Waals surface area contributed by atoms with Crippen molar-refractivity contribution in [2.75, 3.05) is 12.4 Å². The first-order valence-electron chi connectivity index (χ1n) is 7.00. The molecule has 3 aromatic rings. The van der Waals surface area contributed by atoms with Gasteiger partial charge >= 0.3 is 0 Å². The van der Waals surface area contributed by atoms with E-state index in [1.54, 1.807) is 48.5 Å². The number of hydrogen-bond acceptors (Lipinski definition) is 4. The molecule has 5 heteroatoms. The molecular weight excluding hydrogens is 294 g/mol. The van der Waals surface area contributed by atoms with Crippen molar-refractivity contribution in [1.29, 1.82) is 0 Å². The fourth-order valence-electron chi connectivity index (χ4n) is 2.48. The highest BCUT2D eigenvalue weighted by molar-refractivity contribution is 6.16. The second-order valence-corrected chi connectivity index (χ2v) is 4.99. The summed E-state index contributed by atoms with van der Waals surface area (Å²) >= 11 is 0. The smallest absolute Gasteiger partial charge is 0.260 e. The fourth-order valence-corrected chi connectivity index (χ4v) is 2.48. The van der Waals surface area contributed by atoms with Gasteiger partial charge in [0.05, 0.1) is 18.4 Å². The van der Waals surface area contributed by atoms with Gasteiger partial charge in [-0.15, -0.1) is 0 Å². The van der Waals surface area contributed by atoms with Gasteiger partial charge in [-0.1, -0.05) is 36.4 Å². The highest BCUT2D eigenvalue weighted by atomic mass is 16.5. The molecule has 3 rings (SSSR count). The maximum atomic E-state index is 12.6. The van der Waals surface area contributed by atoms with Gasteiger partial charge in [0.15, 0.2) is 11.5 Å². The molecule has 0 spiro atoms. The monoisotopic (exact) mass is 309 g/mol. The number of carbonyl (C=O) groups is 1. The van der Waals surface area contributed by atoms with Crippen molar-refractivity contribution < 1.29 is 19.7 Å². The highest BCUT2D eigenvalue weighted by Gasteiger charge is 2.19. The Morgan fingerprint density at radius 1 is 1.04 bits per heavy atom. The van der Waals surface area contributed by atoms with E-state index in [0.717, 1.165) is 0 Å². The number of aromatic hydroxyl groups is 2. The van der Waals surface area contributed by atoms with E-state index in [-0.39, 0.29) is 11.3 Å². The lowest BCUT2D eigenvalue weighted by atomic mass is 10.0. The van der Waals surface area contributed by atoms with Gasteiger partial charge in [-0.3, -0.25) is 4.79 Å². The standard InChI is InChI=1S/C18H15NO4/c1-23-15-9-5-4-8-13(15)19-18(22)16-12-7-3-2-6-11(12)10-14(20)17(16)21/h2-10,20-21H,1H3,(H,19,22).